The number of aryl methyl sites for hydroxylation is 2. The van der Waals surface area contributed by atoms with Gasteiger partial charge in [-0.2, -0.15) is 0 Å². The number of aromatic nitrogens is 1. The van der Waals surface area contributed by atoms with Crippen molar-refractivity contribution in [2.24, 2.45) is 0 Å². The lowest BCUT2D eigenvalue weighted by Gasteiger charge is -2.05. The smallest absolute Gasteiger partial charge is 0.289 e. The molecule has 0 aliphatic rings. The average molecular weight is 360 g/mol. The van der Waals surface area contributed by atoms with Crippen molar-refractivity contribution in [3.8, 4) is 0 Å². The molecule has 1 amide bonds. The van der Waals surface area contributed by atoms with E-state index in [9.17, 15) is 14.9 Å². The molecule has 0 saturated heterocycles. The molecule has 8 heteroatoms. The van der Waals surface area contributed by atoms with Gasteiger partial charge in [0.05, 0.1) is 11.3 Å². The molecule has 1 aromatic heterocycles. The summed E-state index contributed by atoms with van der Waals surface area (Å²) in [4.78, 5) is 22.6. The van der Waals surface area contributed by atoms with E-state index in [2.05, 4.69) is 10.5 Å². The number of nitrogens with one attached hydrogen (secondary N) is 1. The average Bonchev–Trinajstić information content (AvgIpc) is 2.91. The predicted molar refractivity (Wildman–Crippen MR) is 93.9 cm³/mol. The van der Waals surface area contributed by atoms with E-state index in [0.29, 0.717) is 17.0 Å². The Morgan fingerprint density at radius 2 is 2.08 bits per heavy atom. The number of benzene rings is 2. The fourth-order valence-electron chi connectivity index (χ4n) is 2.73. The SMILES string of the molecule is Cc1cc(C)c2c(CC(=O)Nc3ccc(Cl)c([N+](=O)[O-])c3)noc2c1. The van der Waals surface area contributed by atoms with Crippen LogP contribution in [0.1, 0.15) is 16.8 Å². The summed E-state index contributed by atoms with van der Waals surface area (Å²) in [6, 6.07) is 7.94. The Balaban J connectivity index is 1.82. The lowest BCUT2D eigenvalue weighted by Crippen LogP contribution is -2.15. The van der Waals surface area contributed by atoms with E-state index in [1.807, 2.05) is 26.0 Å². The Hall–Kier alpha value is -2.93. The highest BCUT2D eigenvalue weighted by molar-refractivity contribution is 6.32. The molecule has 7 nitrogen and oxygen atoms in total. The lowest BCUT2D eigenvalue weighted by atomic mass is 10.0. The molecule has 3 rings (SSSR count). The maximum absolute atomic E-state index is 12.3. The Bertz CT molecular complexity index is 997. The Morgan fingerprint density at radius 3 is 2.80 bits per heavy atom. The van der Waals surface area contributed by atoms with Crippen molar-refractivity contribution in [1.82, 2.24) is 5.16 Å². The highest BCUT2D eigenvalue weighted by atomic mass is 35.5. The van der Waals surface area contributed by atoms with Gasteiger partial charge in [0, 0.05) is 17.1 Å². The number of amides is 1. The fourth-order valence-corrected chi connectivity index (χ4v) is 2.92. The van der Waals surface area contributed by atoms with Crippen LogP contribution in [-0.4, -0.2) is 16.0 Å². The second-order valence-corrected chi connectivity index (χ2v) is 6.14. The molecule has 1 heterocycles. The molecule has 0 radical (unpaired) electrons. The first-order valence-corrected chi connectivity index (χ1v) is 7.82. The van der Waals surface area contributed by atoms with E-state index in [4.69, 9.17) is 16.1 Å². The van der Waals surface area contributed by atoms with Crippen LogP contribution in [0.5, 0.6) is 0 Å². The van der Waals surface area contributed by atoms with Gasteiger partial charge in [-0.15, -0.1) is 0 Å². The summed E-state index contributed by atoms with van der Waals surface area (Å²) in [7, 11) is 0. The number of fused-ring (bicyclic) bond motifs is 1. The van der Waals surface area contributed by atoms with Crippen molar-refractivity contribution in [2.75, 3.05) is 5.32 Å². The van der Waals surface area contributed by atoms with Crippen LogP contribution in [-0.2, 0) is 11.2 Å². The first-order chi connectivity index (χ1) is 11.8. The standard InChI is InChI=1S/C17H14ClN3O4/c1-9-5-10(2)17-13(20-25-15(17)6-9)8-16(22)19-11-3-4-12(18)14(7-11)21(23)24/h3-7H,8H2,1-2H3,(H,19,22). The zero-order chi connectivity index (χ0) is 18.1. The normalized spacial score (nSPS) is 10.8. The zero-order valence-electron chi connectivity index (χ0n) is 13.5. The summed E-state index contributed by atoms with van der Waals surface area (Å²) < 4.78 is 5.29. The molecule has 0 bridgehead atoms. The molecule has 3 aromatic rings. The van der Waals surface area contributed by atoms with Crippen LogP contribution in [0.2, 0.25) is 5.02 Å². The summed E-state index contributed by atoms with van der Waals surface area (Å²) in [6.07, 6.45) is -0.00662. The third-order valence-electron chi connectivity index (χ3n) is 3.74. The van der Waals surface area contributed by atoms with E-state index in [-0.39, 0.29) is 23.0 Å². The summed E-state index contributed by atoms with van der Waals surface area (Å²) in [5.74, 6) is -0.355. The Morgan fingerprint density at radius 1 is 1.32 bits per heavy atom. The minimum atomic E-state index is -0.602. The summed E-state index contributed by atoms with van der Waals surface area (Å²) in [5.41, 5.74) is 3.20. The van der Waals surface area contributed by atoms with Gasteiger partial charge in [-0.1, -0.05) is 22.8 Å². The summed E-state index contributed by atoms with van der Waals surface area (Å²) in [5, 5.41) is 18.3. The second-order valence-electron chi connectivity index (χ2n) is 5.73. The second kappa shape index (κ2) is 6.52. The molecule has 0 aliphatic carbocycles. The van der Waals surface area contributed by atoms with Crippen LogP contribution in [0.25, 0.3) is 11.0 Å². The molecule has 0 atom stereocenters. The van der Waals surface area contributed by atoms with E-state index in [1.165, 1.54) is 18.2 Å². The van der Waals surface area contributed by atoms with E-state index in [1.54, 1.807) is 0 Å². The highest BCUT2D eigenvalue weighted by Crippen LogP contribution is 2.28. The molecule has 2 aromatic carbocycles. The van der Waals surface area contributed by atoms with E-state index in [0.717, 1.165) is 16.5 Å². The van der Waals surface area contributed by atoms with Crippen LogP contribution in [0.15, 0.2) is 34.9 Å². The highest BCUT2D eigenvalue weighted by Gasteiger charge is 2.17. The van der Waals surface area contributed by atoms with Gasteiger partial charge in [-0.3, -0.25) is 14.9 Å². The molecule has 0 aliphatic heterocycles. The first-order valence-electron chi connectivity index (χ1n) is 7.44. The molecule has 0 fully saturated rings. The number of carbonyl (C=O) groups excluding carboxylic acids is 1. The number of nitro benzene ring substituents is 1. The molecule has 128 valence electrons. The van der Waals surface area contributed by atoms with Crippen molar-refractivity contribution in [3.05, 3.63) is 62.3 Å². The van der Waals surface area contributed by atoms with Crippen molar-refractivity contribution in [1.29, 1.82) is 0 Å². The van der Waals surface area contributed by atoms with Crippen molar-refractivity contribution in [2.45, 2.75) is 20.3 Å². The van der Waals surface area contributed by atoms with E-state index >= 15 is 0 Å². The summed E-state index contributed by atoms with van der Waals surface area (Å²) >= 11 is 5.76. The molecule has 0 spiro atoms. The number of nitrogens with zero attached hydrogens (tertiary/aromatic N) is 2. The maximum Gasteiger partial charge on any atom is 0.289 e. The van der Waals surface area contributed by atoms with Gasteiger partial charge in [-0.25, -0.2) is 0 Å². The van der Waals surface area contributed by atoms with Gasteiger partial charge in [0.2, 0.25) is 5.91 Å². The van der Waals surface area contributed by atoms with Gasteiger partial charge < -0.3 is 9.84 Å². The van der Waals surface area contributed by atoms with Crippen LogP contribution in [0, 0.1) is 24.0 Å². The lowest BCUT2D eigenvalue weighted by molar-refractivity contribution is -0.384. The van der Waals surface area contributed by atoms with Crippen LogP contribution >= 0.6 is 11.6 Å². The number of carbonyl (C=O) groups is 1. The van der Waals surface area contributed by atoms with Gasteiger partial charge >= 0.3 is 0 Å². The molecule has 25 heavy (non-hydrogen) atoms. The molecule has 0 unspecified atom stereocenters. The number of rotatable bonds is 4. The number of anilines is 1. The van der Waals surface area contributed by atoms with Gasteiger partial charge in [-0.05, 0) is 43.2 Å². The third-order valence-corrected chi connectivity index (χ3v) is 4.06. The van der Waals surface area contributed by atoms with Crippen LogP contribution in [0.3, 0.4) is 0 Å². The minimum absolute atomic E-state index is 0.00662. The van der Waals surface area contributed by atoms with Gasteiger partial charge in [0.1, 0.15) is 10.7 Å². The fraction of sp³-hybridized carbons (Fsp3) is 0.176. The van der Waals surface area contributed by atoms with Crippen molar-refractivity contribution < 1.29 is 14.2 Å². The van der Waals surface area contributed by atoms with Crippen molar-refractivity contribution in [3.63, 3.8) is 0 Å². The first kappa shape index (κ1) is 16.9. The molecule has 1 N–H and O–H groups in total. The number of halogens is 1. The topological polar surface area (TPSA) is 98.3 Å². The Kier molecular flexibility index (Phi) is 4.41. The van der Waals surface area contributed by atoms with Crippen LogP contribution in [0.4, 0.5) is 11.4 Å². The van der Waals surface area contributed by atoms with E-state index < -0.39 is 4.92 Å². The molecular weight excluding hydrogens is 346 g/mol. The zero-order valence-corrected chi connectivity index (χ0v) is 14.3. The third kappa shape index (κ3) is 3.46. The molecule has 0 saturated carbocycles. The Labute approximate surface area is 147 Å². The van der Waals surface area contributed by atoms with Gasteiger partial charge in [0.15, 0.2) is 5.58 Å². The molecular formula is C17H14ClN3O4. The minimum Gasteiger partial charge on any atom is -0.356 e. The summed E-state index contributed by atoms with van der Waals surface area (Å²) in [6.45, 7) is 3.88. The van der Waals surface area contributed by atoms with Crippen LogP contribution < -0.4 is 5.32 Å². The van der Waals surface area contributed by atoms with Gasteiger partial charge in [0.25, 0.3) is 5.69 Å². The van der Waals surface area contributed by atoms with Crippen molar-refractivity contribution >= 4 is 39.9 Å². The quantitative estimate of drug-likeness (QED) is 0.556. The monoisotopic (exact) mass is 359 g/mol. The number of hydrogen-bond acceptors (Lipinski definition) is 5. The largest absolute Gasteiger partial charge is 0.356 e. The number of hydrogen-bond donors (Lipinski definition) is 1. The maximum atomic E-state index is 12.3. The predicted octanol–water partition coefficient (Wildman–Crippen LogP) is 4.19. The number of nitro groups is 1.